The van der Waals surface area contributed by atoms with Crippen LogP contribution in [0.4, 0.5) is 5.69 Å². The molecular weight excluding hydrogens is 224 g/mol. The van der Waals surface area contributed by atoms with Gasteiger partial charge in [-0.2, -0.15) is 5.10 Å². The molecule has 2 rings (SSSR count). The monoisotopic (exact) mass is 246 g/mol. The molecule has 0 spiro atoms. The summed E-state index contributed by atoms with van der Waals surface area (Å²) in [4.78, 5) is 4.43. The van der Waals surface area contributed by atoms with Gasteiger partial charge in [-0.15, -0.1) is 0 Å². The zero-order valence-electron chi connectivity index (χ0n) is 11.5. The molecule has 0 bridgehead atoms. The van der Waals surface area contributed by atoms with Gasteiger partial charge in [-0.25, -0.2) is 0 Å². The number of hydrogen-bond acceptors (Lipinski definition) is 4. The van der Waals surface area contributed by atoms with Crippen molar-refractivity contribution in [2.24, 2.45) is 5.10 Å². The summed E-state index contributed by atoms with van der Waals surface area (Å²) in [5, 5.41) is 6.67. The minimum Gasteiger partial charge on any atom is -0.378 e. The summed E-state index contributed by atoms with van der Waals surface area (Å²) >= 11 is 0. The number of likely N-dealkylation sites (N-methyl/N-ethyl adjacent to an activating group) is 1. The van der Waals surface area contributed by atoms with E-state index in [9.17, 15) is 0 Å². The maximum atomic E-state index is 4.53. The molecule has 18 heavy (non-hydrogen) atoms. The summed E-state index contributed by atoms with van der Waals surface area (Å²) in [6.07, 6.45) is 1.95. The van der Waals surface area contributed by atoms with Gasteiger partial charge in [0.05, 0.1) is 6.21 Å². The summed E-state index contributed by atoms with van der Waals surface area (Å²) in [7, 11) is 6.25. The molecule has 1 aromatic rings. The minimum absolute atomic E-state index is 1.02. The molecular formula is C14H22N4. The van der Waals surface area contributed by atoms with Crippen LogP contribution in [-0.4, -0.2) is 63.4 Å². The van der Waals surface area contributed by atoms with Gasteiger partial charge >= 0.3 is 0 Å². The molecule has 1 heterocycles. The van der Waals surface area contributed by atoms with Crippen molar-refractivity contribution in [3.63, 3.8) is 0 Å². The van der Waals surface area contributed by atoms with Gasteiger partial charge in [0.2, 0.25) is 0 Å². The first-order valence-electron chi connectivity index (χ1n) is 6.40. The molecule has 4 nitrogen and oxygen atoms in total. The Morgan fingerprint density at radius 3 is 2.22 bits per heavy atom. The molecule has 0 aromatic heterocycles. The molecule has 0 unspecified atom stereocenters. The van der Waals surface area contributed by atoms with Gasteiger partial charge in [0.1, 0.15) is 0 Å². The molecule has 4 heteroatoms. The lowest BCUT2D eigenvalue weighted by molar-refractivity contribution is 0.159. The van der Waals surface area contributed by atoms with Crippen LogP contribution in [0.15, 0.2) is 29.4 Å². The molecule has 0 amide bonds. The van der Waals surface area contributed by atoms with E-state index in [4.69, 9.17) is 0 Å². The number of benzene rings is 1. The topological polar surface area (TPSA) is 22.1 Å². The van der Waals surface area contributed by atoms with Crippen molar-refractivity contribution in [3.8, 4) is 0 Å². The second-order valence-corrected chi connectivity index (χ2v) is 4.99. The van der Waals surface area contributed by atoms with E-state index < -0.39 is 0 Å². The molecule has 1 aliphatic rings. The highest BCUT2D eigenvalue weighted by molar-refractivity contribution is 5.80. The van der Waals surface area contributed by atoms with Crippen molar-refractivity contribution in [2.45, 2.75) is 0 Å². The van der Waals surface area contributed by atoms with Crippen LogP contribution in [0.25, 0.3) is 0 Å². The van der Waals surface area contributed by atoms with E-state index in [1.54, 1.807) is 0 Å². The fourth-order valence-electron chi connectivity index (χ4n) is 1.92. The van der Waals surface area contributed by atoms with Crippen molar-refractivity contribution in [2.75, 3.05) is 52.2 Å². The Labute approximate surface area is 109 Å². The van der Waals surface area contributed by atoms with Crippen molar-refractivity contribution in [1.82, 2.24) is 9.91 Å². The third-order valence-corrected chi connectivity index (χ3v) is 3.26. The van der Waals surface area contributed by atoms with Crippen molar-refractivity contribution < 1.29 is 0 Å². The fourth-order valence-corrected chi connectivity index (χ4v) is 1.92. The maximum Gasteiger partial charge on any atom is 0.0542 e. The highest BCUT2D eigenvalue weighted by atomic mass is 15.5. The molecule has 98 valence electrons. The van der Waals surface area contributed by atoms with Gasteiger partial charge in [0.15, 0.2) is 0 Å². The Morgan fingerprint density at radius 1 is 1.06 bits per heavy atom. The van der Waals surface area contributed by atoms with Crippen LogP contribution in [-0.2, 0) is 0 Å². The van der Waals surface area contributed by atoms with Crippen LogP contribution in [0.3, 0.4) is 0 Å². The van der Waals surface area contributed by atoms with Gasteiger partial charge in [-0.3, -0.25) is 5.01 Å². The van der Waals surface area contributed by atoms with Crippen LogP contribution < -0.4 is 4.90 Å². The lowest BCUT2D eigenvalue weighted by Gasteiger charge is -2.30. The zero-order valence-corrected chi connectivity index (χ0v) is 11.5. The summed E-state index contributed by atoms with van der Waals surface area (Å²) in [6.45, 7) is 4.22. The van der Waals surface area contributed by atoms with E-state index >= 15 is 0 Å². The van der Waals surface area contributed by atoms with E-state index in [-0.39, 0.29) is 0 Å². The van der Waals surface area contributed by atoms with Gasteiger partial charge in [0.25, 0.3) is 0 Å². The molecule has 1 aromatic carbocycles. The Morgan fingerprint density at radius 2 is 1.67 bits per heavy atom. The molecule has 0 N–H and O–H groups in total. The van der Waals surface area contributed by atoms with Crippen molar-refractivity contribution in [3.05, 3.63) is 29.8 Å². The quantitative estimate of drug-likeness (QED) is 0.751. The highest BCUT2D eigenvalue weighted by Crippen LogP contribution is 2.11. The van der Waals surface area contributed by atoms with Gasteiger partial charge in [-0.1, -0.05) is 12.1 Å². The third-order valence-electron chi connectivity index (χ3n) is 3.26. The second kappa shape index (κ2) is 5.87. The summed E-state index contributed by atoms with van der Waals surface area (Å²) in [6, 6.07) is 8.44. The number of nitrogens with zero attached hydrogens (tertiary/aromatic N) is 4. The molecule has 0 radical (unpaired) electrons. The molecule has 0 aliphatic carbocycles. The smallest absolute Gasteiger partial charge is 0.0542 e. The van der Waals surface area contributed by atoms with E-state index in [1.807, 2.05) is 20.3 Å². The van der Waals surface area contributed by atoms with Crippen LogP contribution in [0.1, 0.15) is 5.56 Å². The minimum atomic E-state index is 1.02. The average Bonchev–Trinajstić information content (AvgIpc) is 2.38. The normalized spacial score (nSPS) is 17.4. The number of hydrogen-bond donors (Lipinski definition) is 0. The standard InChI is InChI=1S/C14H22N4/c1-16(2)14-6-4-13(5-7-14)12-15-18-10-8-17(3)9-11-18/h4-7,12H,8-11H2,1-3H3/b15-12+. The largest absolute Gasteiger partial charge is 0.378 e. The average molecular weight is 246 g/mol. The Hall–Kier alpha value is -1.55. The van der Waals surface area contributed by atoms with E-state index in [2.05, 4.69) is 51.2 Å². The number of rotatable bonds is 3. The first kappa shape index (κ1) is 12.9. The summed E-state index contributed by atoms with van der Waals surface area (Å²) in [5.41, 5.74) is 2.37. The zero-order chi connectivity index (χ0) is 13.0. The molecule has 1 saturated heterocycles. The second-order valence-electron chi connectivity index (χ2n) is 4.99. The lowest BCUT2D eigenvalue weighted by atomic mass is 10.2. The maximum absolute atomic E-state index is 4.53. The van der Waals surface area contributed by atoms with Crippen LogP contribution >= 0.6 is 0 Å². The highest BCUT2D eigenvalue weighted by Gasteiger charge is 2.10. The first-order chi connectivity index (χ1) is 8.65. The SMILES string of the molecule is CN1CCN(/N=C/c2ccc(N(C)C)cc2)CC1. The Kier molecular flexibility index (Phi) is 4.20. The van der Waals surface area contributed by atoms with Crippen LogP contribution in [0.2, 0.25) is 0 Å². The summed E-state index contributed by atoms with van der Waals surface area (Å²) in [5.74, 6) is 0. The van der Waals surface area contributed by atoms with E-state index in [0.29, 0.717) is 0 Å². The first-order valence-corrected chi connectivity index (χ1v) is 6.40. The van der Waals surface area contributed by atoms with Crippen molar-refractivity contribution in [1.29, 1.82) is 0 Å². The molecule has 1 aliphatic heterocycles. The van der Waals surface area contributed by atoms with Gasteiger partial charge in [-0.05, 0) is 24.7 Å². The van der Waals surface area contributed by atoms with Crippen LogP contribution in [0, 0.1) is 0 Å². The predicted octanol–water partition coefficient (Wildman–Crippen LogP) is 1.33. The number of anilines is 1. The summed E-state index contributed by atoms with van der Waals surface area (Å²) < 4.78 is 0. The number of hydrazone groups is 1. The van der Waals surface area contributed by atoms with E-state index in [0.717, 1.165) is 31.7 Å². The Balaban J connectivity index is 1.92. The van der Waals surface area contributed by atoms with Crippen LogP contribution in [0.5, 0.6) is 0 Å². The molecule has 0 atom stereocenters. The fraction of sp³-hybridized carbons (Fsp3) is 0.500. The van der Waals surface area contributed by atoms with Gasteiger partial charge in [0, 0.05) is 46.0 Å². The Bertz CT molecular complexity index is 389. The molecule has 0 saturated carbocycles. The molecule has 1 fully saturated rings. The van der Waals surface area contributed by atoms with Crippen molar-refractivity contribution >= 4 is 11.9 Å². The third kappa shape index (κ3) is 3.47. The lowest BCUT2D eigenvalue weighted by Crippen LogP contribution is -2.41. The number of piperazine rings is 1. The van der Waals surface area contributed by atoms with Gasteiger partial charge < -0.3 is 9.80 Å². The van der Waals surface area contributed by atoms with E-state index in [1.165, 1.54) is 5.69 Å². The predicted molar refractivity (Wildman–Crippen MR) is 77.4 cm³/mol.